The van der Waals surface area contributed by atoms with Crippen LogP contribution in [0.1, 0.15) is 27.3 Å². The van der Waals surface area contributed by atoms with E-state index in [2.05, 4.69) is 20.8 Å². The highest BCUT2D eigenvalue weighted by molar-refractivity contribution is 6.33. The quantitative estimate of drug-likeness (QED) is 0.421. The fraction of sp³-hybridized carbons (Fsp3) is 0.167. The molecular formula is C18H12ClF6N5O. The van der Waals surface area contributed by atoms with E-state index in [1.54, 1.807) is 6.92 Å². The Bertz CT molecular complexity index is 1110. The fourth-order valence-corrected chi connectivity index (χ4v) is 2.78. The molecule has 0 fully saturated rings. The summed E-state index contributed by atoms with van der Waals surface area (Å²) in [6.07, 6.45) is -8.01. The summed E-state index contributed by atoms with van der Waals surface area (Å²) in [4.78, 5) is 19.8. The Morgan fingerprint density at radius 2 is 1.61 bits per heavy atom. The van der Waals surface area contributed by atoms with Crippen LogP contribution in [0.15, 0.2) is 42.7 Å². The van der Waals surface area contributed by atoms with Crippen LogP contribution >= 0.6 is 11.6 Å². The summed E-state index contributed by atoms with van der Waals surface area (Å²) in [6, 6.07) is 5.51. The average Bonchev–Trinajstić information content (AvgIpc) is 3.07. The van der Waals surface area contributed by atoms with Gasteiger partial charge in [-0.15, -0.1) is 0 Å². The van der Waals surface area contributed by atoms with Gasteiger partial charge in [-0.1, -0.05) is 11.6 Å². The minimum atomic E-state index is -4.63. The molecule has 3 rings (SSSR count). The Labute approximate surface area is 175 Å². The molecule has 0 bridgehead atoms. The zero-order valence-corrected chi connectivity index (χ0v) is 16.2. The van der Waals surface area contributed by atoms with Crippen molar-refractivity contribution < 1.29 is 31.1 Å². The normalized spacial score (nSPS) is 12.0. The standard InChI is InChI=1S/C18H12ClF6N5O/c1-9-2-4-13(30(9)14-5-3-10(7-26-14)17(20,21)22)16(31)29-28-15-12(19)6-11(8-27-15)18(23,24)25/h2-8H,1H3,(H,27,28)(H,29,31). The maximum atomic E-state index is 12.7. The number of anilines is 1. The van der Waals surface area contributed by atoms with Gasteiger partial charge in [0.05, 0.1) is 16.1 Å². The van der Waals surface area contributed by atoms with E-state index in [0.29, 0.717) is 24.2 Å². The van der Waals surface area contributed by atoms with E-state index in [-0.39, 0.29) is 22.4 Å². The van der Waals surface area contributed by atoms with Crippen molar-refractivity contribution in [1.29, 1.82) is 0 Å². The SMILES string of the molecule is Cc1ccc(C(=O)NNc2ncc(C(F)(F)F)cc2Cl)n1-c1ccc(C(F)(F)F)cn1. The molecule has 1 amide bonds. The number of amides is 1. The summed E-state index contributed by atoms with van der Waals surface area (Å²) >= 11 is 5.76. The molecule has 6 nitrogen and oxygen atoms in total. The zero-order chi connectivity index (χ0) is 23.0. The summed E-state index contributed by atoms with van der Waals surface area (Å²) < 4.78 is 77.5. The lowest BCUT2D eigenvalue weighted by Gasteiger charge is -2.14. The molecule has 0 radical (unpaired) electrons. The second kappa shape index (κ2) is 8.10. The molecule has 0 atom stereocenters. The van der Waals surface area contributed by atoms with E-state index in [9.17, 15) is 31.1 Å². The van der Waals surface area contributed by atoms with Gasteiger partial charge in [0.2, 0.25) is 0 Å². The van der Waals surface area contributed by atoms with E-state index in [1.165, 1.54) is 16.7 Å². The van der Waals surface area contributed by atoms with Crippen LogP contribution in [-0.2, 0) is 12.4 Å². The average molecular weight is 464 g/mol. The van der Waals surface area contributed by atoms with Crippen LogP contribution in [-0.4, -0.2) is 20.4 Å². The van der Waals surface area contributed by atoms with Crippen molar-refractivity contribution in [2.24, 2.45) is 0 Å². The summed E-state index contributed by atoms with van der Waals surface area (Å²) in [6.45, 7) is 1.61. The molecule has 3 aromatic rings. The third kappa shape index (κ3) is 4.90. The van der Waals surface area contributed by atoms with Crippen LogP contribution in [0.5, 0.6) is 0 Å². The minimum absolute atomic E-state index is 0.000271. The highest BCUT2D eigenvalue weighted by atomic mass is 35.5. The topological polar surface area (TPSA) is 71.8 Å². The van der Waals surface area contributed by atoms with E-state index < -0.39 is 29.4 Å². The number of hydrogen-bond donors (Lipinski definition) is 2. The van der Waals surface area contributed by atoms with E-state index in [1.807, 2.05) is 0 Å². The number of nitrogens with one attached hydrogen (secondary N) is 2. The van der Waals surface area contributed by atoms with Gasteiger partial charge in [-0.3, -0.25) is 20.2 Å². The molecule has 2 N–H and O–H groups in total. The first-order valence-electron chi connectivity index (χ1n) is 8.39. The van der Waals surface area contributed by atoms with Gasteiger partial charge in [0, 0.05) is 18.1 Å². The number of halogens is 7. The van der Waals surface area contributed by atoms with Crippen LogP contribution in [0, 0.1) is 6.92 Å². The molecule has 0 spiro atoms. The number of pyridine rings is 2. The maximum Gasteiger partial charge on any atom is 0.417 e. The van der Waals surface area contributed by atoms with Gasteiger partial charge in [0.1, 0.15) is 11.5 Å². The lowest BCUT2D eigenvalue weighted by Crippen LogP contribution is -2.31. The third-order valence-corrected chi connectivity index (χ3v) is 4.36. The van der Waals surface area contributed by atoms with Crippen LogP contribution in [0.4, 0.5) is 32.2 Å². The number of alkyl halides is 6. The summed E-state index contributed by atoms with van der Waals surface area (Å²) in [7, 11) is 0. The Hall–Kier alpha value is -3.28. The number of rotatable bonds is 4. The van der Waals surface area contributed by atoms with Crippen molar-refractivity contribution in [3.63, 3.8) is 0 Å². The van der Waals surface area contributed by atoms with Crippen LogP contribution in [0.25, 0.3) is 5.82 Å². The highest BCUT2D eigenvalue weighted by Crippen LogP contribution is 2.32. The van der Waals surface area contributed by atoms with Gasteiger partial charge in [0.15, 0.2) is 5.82 Å². The number of hydrogen-bond acceptors (Lipinski definition) is 4. The van der Waals surface area contributed by atoms with Gasteiger partial charge in [-0.25, -0.2) is 9.97 Å². The molecule has 164 valence electrons. The minimum Gasteiger partial charge on any atom is -0.294 e. The molecule has 31 heavy (non-hydrogen) atoms. The predicted octanol–water partition coefficient (Wildman–Crippen LogP) is 5.02. The van der Waals surface area contributed by atoms with Gasteiger partial charge < -0.3 is 0 Å². The van der Waals surface area contributed by atoms with Gasteiger partial charge in [-0.05, 0) is 37.3 Å². The van der Waals surface area contributed by atoms with Gasteiger partial charge in [-0.2, -0.15) is 26.3 Å². The summed E-state index contributed by atoms with van der Waals surface area (Å²) in [5.74, 6) is -0.926. The molecular weight excluding hydrogens is 452 g/mol. The monoisotopic (exact) mass is 463 g/mol. The molecule has 0 saturated carbocycles. The molecule has 0 aliphatic carbocycles. The fourth-order valence-electron chi connectivity index (χ4n) is 2.57. The Morgan fingerprint density at radius 3 is 2.16 bits per heavy atom. The van der Waals surface area contributed by atoms with Crippen molar-refractivity contribution in [3.05, 3.63) is 70.3 Å². The predicted molar refractivity (Wildman–Crippen MR) is 98.6 cm³/mol. The molecule has 0 unspecified atom stereocenters. The molecule has 13 heteroatoms. The van der Waals surface area contributed by atoms with E-state index in [0.717, 1.165) is 12.1 Å². The number of aromatic nitrogens is 3. The second-order valence-corrected chi connectivity index (χ2v) is 6.64. The first-order chi connectivity index (χ1) is 14.4. The molecule has 0 aromatic carbocycles. The smallest absolute Gasteiger partial charge is 0.294 e. The molecule has 0 aliphatic heterocycles. The first-order valence-corrected chi connectivity index (χ1v) is 8.77. The van der Waals surface area contributed by atoms with E-state index in [4.69, 9.17) is 11.6 Å². The number of carbonyl (C=O) groups is 1. The van der Waals surface area contributed by atoms with Crippen molar-refractivity contribution in [1.82, 2.24) is 20.0 Å². The van der Waals surface area contributed by atoms with Crippen molar-refractivity contribution in [2.45, 2.75) is 19.3 Å². The largest absolute Gasteiger partial charge is 0.417 e. The maximum absolute atomic E-state index is 12.7. The van der Waals surface area contributed by atoms with Crippen LogP contribution in [0.3, 0.4) is 0 Å². The van der Waals surface area contributed by atoms with Crippen molar-refractivity contribution in [3.8, 4) is 5.82 Å². The summed E-state index contributed by atoms with van der Waals surface area (Å²) in [5, 5.41) is -0.383. The van der Waals surface area contributed by atoms with Gasteiger partial charge in [0.25, 0.3) is 5.91 Å². The third-order valence-electron chi connectivity index (χ3n) is 4.08. The van der Waals surface area contributed by atoms with Crippen LogP contribution < -0.4 is 10.9 Å². The number of hydrazine groups is 1. The summed E-state index contributed by atoms with van der Waals surface area (Å²) in [5.41, 5.74) is 3.03. The lowest BCUT2D eigenvalue weighted by molar-refractivity contribution is -0.138. The number of nitrogens with zero attached hydrogens (tertiary/aromatic N) is 3. The van der Waals surface area contributed by atoms with Crippen molar-refractivity contribution in [2.75, 3.05) is 5.43 Å². The molecule has 3 aromatic heterocycles. The zero-order valence-electron chi connectivity index (χ0n) is 15.4. The Kier molecular flexibility index (Phi) is 5.85. The van der Waals surface area contributed by atoms with Crippen molar-refractivity contribution >= 4 is 23.3 Å². The number of aryl methyl sites for hydroxylation is 1. The van der Waals surface area contributed by atoms with Crippen LogP contribution in [0.2, 0.25) is 5.02 Å². The molecule has 0 aliphatic rings. The Balaban J connectivity index is 1.80. The second-order valence-electron chi connectivity index (χ2n) is 6.23. The highest BCUT2D eigenvalue weighted by Gasteiger charge is 2.32. The van der Waals surface area contributed by atoms with Gasteiger partial charge >= 0.3 is 12.4 Å². The lowest BCUT2D eigenvalue weighted by atomic mass is 10.2. The first kappa shape index (κ1) is 22.4. The number of carbonyl (C=O) groups excluding carboxylic acids is 1. The molecule has 0 saturated heterocycles. The molecule has 3 heterocycles. The Morgan fingerprint density at radius 1 is 0.968 bits per heavy atom. The van der Waals surface area contributed by atoms with E-state index >= 15 is 0 Å².